The summed E-state index contributed by atoms with van der Waals surface area (Å²) in [6.45, 7) is 8.01. The Balaban J connectivity index is 2.58. The molecular formula is C11H16OS. The number of aliphatic hydroxyl groups is 1. The molecule has 1 aromatic heterocycles. The van der Waals surface area contributed by atoms with Gasteiger partial charge in [-0.3, -0.25) is 0 Å². The molecule has 72 valence electrons. The monoisotopic (exact) mass is 196 g/mol. The lowest BCUT2D eigenvalue weighted by Crippen LogP contribution is -1.95. The van der Waals surface area contributed by atoms with E-state index >= 15 is 0 Å². The highest BCUT2D eigenvalue weighted by Gasteiger charge is 2.09. The van der Waals surface area contributed by atoms with Crippen LogP contribution in [0.3, 0.4) is 0 Å². The minimum atomic E-state index is -0.355. The van der Waals surface area contributed by atoms with Crippen molar-refractivity contribution in [1.82, 2.24) is 0 Å². The van der Waals surface area contributed by atoms with Crippen LogP contribution in [0.4, 0.5) is 0 Å². The zero-order valence-corrected chi connectivity index (χ0v) is 9.03. The largest absolute Gasteiger partial charge is 0.387 e. The van der Waals surface area contributed by atoms with Gasteiger partial charge in [-0.1, -0.05) is 19.1 Å². The van der Waals surface area contributed by atoms with E-state index < -0.39 is 0 Å². The van der Waals surface area contributed by atoms with E-state index in [-0.39, 0.29) is 6.10 Å². The highest BCUT2D eigenvalue weighted by atomic mass is 32.1. The fraction of sp³-hybridized carbons (Fsp3) is 0.455. The molecule has 0 radical (unpaired) electrons. The standard InChI is InChI=1S/C11H16OS/c1-4-8(2)7-10(12)11-6-5-9(3)13-11/h5-6,10,12H,2,4,7H2,1,3H3. The molecule has 1 heterocycles. The van der Waals surface area contributed by atoms with Gasteiger partial charge in [-0.05, 0) is 31.9 Å². The molecule has 0 saturated heterocycles. The minimum absolute atomic E-state index is 0.355. The lowest BCUT2D eigenvalue weighted by atomic mass is 10.1. The number of hydrogen-bond donors (Lipinski definition) is 1. The highest BCUT2D eigenvalue weighted by Crippen LogP contribution is 2.27. The van der Waals surface area contributed by atoms with Crippen LogP contribution in [0.2, 0.25) is 0 Å². The van der Waals surface area contributed by atoms with E-state index in [0.717, 1.165) is 16.9 Å². The molecule has 0 aliphatic rings. The number of aryl methyl sites for hydroxylation is 1. The average molecular weight is 196 g/mol. The molecule has 0 spiro atoms. The summed E-state index contributed by atoms with van der Waals surface area (Å²) < 4.78 is 0. The van der Waals surface area contributed by atoms with Gasteiger partial charge in [0.15, 0.2) is 0 Å². The first kappa shape index (κ1) is 10.5. The van der Waals surface area contributed by atoms with Gasteiger partial charge in [0.2, 0.25) is 0 Å². The third kappa shape index (κ3) is 2.98. The van der Waals surface area contributed by atoms with Gasteiger partial charge in [0, 0.05) is 9.75 Å². The summed E-state index contributed by atoms with van der Waals surface area (Å²) in [7, 11) is 0. The van der Waals surface area contributed by atoms with Crippen LogP contribution in [0.15, 0.2) is 24.3 Å². The van der Waals surface area contributed by atoms with E-state index in [9.17, 15) is 5.11 Å². The zero-order chi connectivity index (χ0) is 9.84. The maximum Gasteiger partial charge on any atom is 0.0918 e. The fourth-order valence-corrected chi connectivity index (χ4v) is 2.01. The predicted octanol–water partition coefficient (Wildman–Crippen LogP) is 3.45. The predicted molar refractivity (Wildman–Crippen MR) is 58.1 cm³/mol. The van der Waals surface area contributed by atoms with Crippen molar-refractivity contribution < 1.29 is 5.11 Å². The number of aliphatic hydroxyl groups excluding tert-OH is 1. The molecule has 1 nitrogen and oxygen atoms in total. The lowest BCUT2D eigenvalue weighted by molar-refractivity contribution is 0.181. The Bertz CT molecular complexity index is 288. The summed E-state index contributed by atoms with van der Waals surface area (Å²) in [5.41, 5.74) is 1.11. The van der Waals surface area contributed by atoms with Crippen LogP contribution < -0.4 is 0 Å². The Kier molecular flexibility index (Phi) is 3.70. The van der Waals surface area contributed by atoms with E-state index in [1.165, 1.54) is 4.88 Å². The van der Waals surface area contributed by atoms with Crippen LogP contribution in [0.1, 0.15) is 35.6 Å². The van der Waals surface area contributed by atoms with Crippen molar-refractivity contribution in [2.75, 3.05) is 0 Å². The highest BCUT2D eigenvalue weighted by molar-refractivity contribution is 7.12. The van der Waals surface area contributed by atoms with Gasteiger partial charge in [0.05, 0.1) is 6.10 Å². The van der Waals surface area contributed by atoms with Crippen LogP contribution in [0.25, 0.3) is 0 Å². The van der Waals surface area contributed by atoms with E-state index in [0.29, 0.717) is 6.42 Å². The fourth-order valence-electron chi connectivity index (χ4n) is 1.15. The van der Waals surface area contributed by atoms with Crippen LogP contribution in [-0.2, 0) is 0 Å². The summed E-state index contributed by atoms with van der Waals surface area (Å²) in [5.74, 6) is 0. The second-order valence-corrected chi connectivity index (χ2v) is 4.59. The van der Waals surface area contributed by atoms with Gasteiger partial charge < -0.3 is 5.11 Å². The molecule has 0 aliphatic carbocycles. The third-order valence-electron chi connectivity index (χ3n) is 2.07. The molecule has 0 fully saturated rings. The quantitative estimate of drug-likeness (QED) is 0.731. The Morgan fingerprint density at radius 3 is 2.77 bits per heavy atom. The number of rotatable bonds is 4. The van der Waals surface area contributed by atoms with Gasteiger partial charge in [-0.2, -0.15) is 0 Å². The van der Waals surface area contributed by atoms with Crippen molar-refractivity contribution in [1.29, 1.82) is 0 Å². The third-order valence-corrected chi connectivity index (χ3v) is 3.17. The van der Waals surface area contributed by atoms with Gasteiger partial charge in [-0.25, -0.2) is 0 Å². The summed E-state index contributed by atoms with van der Waals surface area (Å²) >= 11 is 1.66. The van der Waals surface area contributed by atoms with E-state index in [1.807, 2.05) is 12.1 Å². The number of hydrogen-bond acceptors (Lipinski definition) is 2. The maximum atomic E-state index is 9.78. The van der Waals surface area contributed by atoms with Crippen molar-refractivity contribution in [3.05, 3.63) is 34.0 Å². The van der Waals surface area contributed by atoms with Crippen molar-refractivity contribution in [2.24, 2.45) is 0 Å². The molecule has 0 bridgehead atoms. The Morgan fingerprint density at radius 1 is 1.62 bits per heavy atom. The second kappa shape index (κ2) is 4.58. The lowest BCUT2D eigenvalue weighted by Gasteiger charge is -2.08. The Labute approximate surface area is 83.7 Å². The maximum absolute atomic E-state index is 9.78. The molecule has 0 saturated carbocycles. The molecule has 1 N–H and O–H groups in total. The van der Waals surface area contributed by atoms with E-state index in [4.69, 9.17) is 0 Å². The molecule has 13 heavy (non-hydrogen) atoms. The number of thiophene rings is 1. The molecule has 1 atom stereocenters. The van der Waals surface area contributed by atoms with E-state index in [1.54, 1.807) is 11.3 Å². The summed E-state index contributed by atoms with van der Waals surface area (Å²) in [6.07, 6.45) is 1.28. The second-order valence-electron chi connectivity index (χ2n) is 3.27. The van der Waals surface area contributed by atoms with Crippen molar-refractivity contribution in [2.45, 2.75) is 32.8 Å². The van der Waals surface area contributed by atoms with Crippen molar-refractivity contribution in [3.63, 3.8) is 0 Å². The van der Waals surface area contributed by atoms with Gasteiger partial charge >= 0.3 is 0 Å². The Morgan fingerprint density at radius 2 is 2.31 bits per heavy atom. The van der Waals surface area contributed by atoms with Crippen molar-refractivity contribution in [3.8, 4) is 0 Å². The summed E-state index contributed by atoms with van der Waals surface area (Å²) in [4.78, 5) is 2.29. The molecule has 1 rings (SSSR count). The van der Waals surface area contributed by atoms with Gasteiger partial charge in [-0.15, -0.1) is 11.3 Å². The first-order chi connectivity index (χ1) is 6.13. The molecular weight excluding hydrogens is 180 g/mol. The summed E-state index contributed by atoms with van der Waals surface area (Å²) in [5, 5.41) is 9.78. The Hall–Kier alpha value is -0.600. The van der Waals surface area contributed by atoms with Gasteiger partial charge in [0.1, 0.15) is 0 Å². The molecule has 0 amide bonds. The molecule has 0 aliphatic heterocycles. The minimum Gasteiger partial charge on any atom is -0.387 e. The first-order valence-corrected chi connectivity index (χ1v) is 5.36. The van der Waals surface area contributed by atoms with Gasteiger partial charge in [0.25, 0.3) is 0 Å². The van der Waals surface area contributed by atoms with Crippen molar-refractivity contribution >= 4 is 11.3 Å². The van der Waals surface area contributed by atoms with Crippen LogP contribution in [0, 0.1) is 6.92 Å². The smallest absolute Gasteiger partial charge is 0.0918 e. The van der Waals surface area contributed by atoms with Crippen LogP contribution >= 0.6 is 11.3 Å². The molecule has 1 unspecified atom stereocenters. The molecule has 1 aromatic rings. The van der Waals surface area contributed by atoms with Crippen LogP contribution in [-0.4, -0.2) is 5.11 Å². The van der Waals surface area contributed by atoms with E-state index in [2.05, 4.69) is 20.4 Å². The SMILES string of the molecule is C=C(CC)CC(O)c1ccc(C)s1. The summed E-state index contributed by atoms with van der Waals surface area (Å²) in [6, 6.07) is 4.03. The zero-order valence-electron chi connectivity index (χ0n) is 8.21. The molecule has 0 aromatic carbocycles. The van der Waals surface area contributed by atoms with Crippen LogP contribution in [0.5, 0.6) is 0 Å². The molecule has 2 heteroatoms. The first-order valence-electron chi connectivity index (χ1n) is 4.54. The topological polar surface area (TPSA) is 20.2 Å². The normalized spacial score (nSPS) is 12.8. The average Bonchev–Trinajstić information content (AvgIpc) is 2.51.